The largest absolute Gasteiger partial charge is 0.318 e. The molecule has 0 aromatic carbocycles. The molecule has 1 heterocycles. The van der Waals surface area contributed by atoms with Gasteiger partial charge in [-0.3, -0.25) is 0 Å². The van der Waals surface area contributed by atoms with Gasteiger partial charge in [-0.1, -0.05) is 13.8 Å². The third-order valence-corrected chi connectivity index (χ3v) is 2.25. The lowest BCUT2D eigenvalue weighted by Gasteiger charge is -2.38. The average molecular weight is 156 g/mol. The maximum Gasteiger partial charge on any atom is 0.0209 e. The number of rotatable bonds is 4. The molecular formula is C9H20N2. The highest BCUT2D eigenvalue weighted by Crippen LogP contribution is 2.18. The summed E-state index contributed by atoms with van der Waals surface area (Å²) in [6.07, 6.45) is 2.69. The highest BCUT2D eigenvalue weighted by Gasteiger charge is 2.27. The van der Waals surface area contributed by atoms with E-state index in [9.17, 15) is 0 Å². The van der Waals surface area contributed by atoms with Crippen LogP contribution in [0.15, 0.2) is 0 Å². The summed E-state index contributed by atoms with van der Waals surface area (Å²) < 4.78 is 0. The summed E-state index contributed by atoms with van der Waals surface area (Å²) in [4.78, 5) is 0. The second-order valence-corrected chi connectivity index (χ2v) is 3.98. The van der Waals surface area contributed by atoms with E-state index in [0.717, 1.165) is 24.5 Å². The first-order valence-corrected chi connectivity index (χ1v) is 4.63. The molecule has 66 valence electrons. The van der Waals surface area contributed by atoms with Gasteiger partial charge in [0.25, 0.3) is 0 Å². The van der Waals surface area contributed by atoms with Crippen molar-refractivity contribution < 1.29 is 0 Å². The van der Waals surface area contributed by atoms with Crippen LogP contribution >= 0.6 is 0 Å². The Bertz CT molecular complexity index is 106. The van der Waals surface area contributed by atoms with E-state index in [4.69, 9.17) is 0 Å². The zero-order valence-corrected chi connectivity index (χ0v) is 7.85. The van der Waals surface area contributed by atoms with Crippen molar-refractivity contribution in [2.75, 3.05) is 13.6 Å². The van der Waals surface area contributed by atoms with Crippen molar-refractivity contribution in [3.8, 4) is 0 Å². The van der Waals surface area contributed by atoms with Crippen LogP contribution in [0.1, 0.15) is 26.7 Å². The van der Waals surface area contributed by atoms with Crippen molar-refractivity contribution >= 4 is 0 Å². The second kappa shape index (κ2) is 4.07. The second-order valence-electron chi connectivity index (χ2n) is 3.98. The lowest BCUT2D eigenvalue weighted by molar-refractivity contribution is 0.229. The van der Waals surface area contributed by atoms with E-state index in [1.165, 1.54) is 12.8 Å². The normalized spacial score (nSPS) is 30.5. The topological polar surface area (TPSA) is 24.1 Å². The summed E-state index contributed by atoms with van der Waals surface area (Å²) in [6.45, 7) is 5.69. The fraction of sp³-hybridized carbons (Fsp3) is 1.00. The molecule has 1 aliphatic heterocycles. The molecule has 1 fully saturated rings. The van der Waals surface area contributed by atoms with Crippen molar-refractivity contribution in [3.05, 3.63) is 0 Å². The highest BCUT2D eigenvalue weighted by atomic mass is 15.1. The van der Waals surface area contributed by atoms with E-state index >= 15 is 0 Å². The van der Waals surface area contributed by atoms with Gasteiger partial charge in [-0.15, -0.1) is 0 Å². The zero-order valence-electron chi connectivity index (χ0n) is 7.85. The van der Waals surface area contributed by atoms with Gasteiger partial charge in [0.2, 0.25) is 0 Å². The Morgan fingerprint density at radius 3 is 2.55 bits per heavy atom. The van der Waals surface area contributed by atoms with Gasteiger partial charge in [-0.2, -0.15) is 0 Å². The maximum absolute atomic E-state index is 3.55. The molecule has 0 aliphatic carbocycles. The quantitative estimate of drug-likeness (QED) is 0.634. The van der Waals surface area contributed by atoms with Crippen LogP contribution in [0.2, 0.25) is 0 Å². The van der Waals surface area contributed by atoms with E-state index in [1.54, 1.807) is 0 Å². The molecule has 0 aromatic rings. The Labute approximate surface area is 69.8 Å². The van der Waals surface area contributed by atoms with Gasteiger partial charge < -0.3 is 10.6 Å². The predicted molar refractivity (Wildman–Crippen MR) is 48.7 cm³/mol. The van der Waals surface area contributed by atoms with Crippen LogP contribution in [0.5, 0.6) is 0 Å². The molecule has 2 atom stereocenters. The fourth-order valence-corrected chi connectivity index (χ4v) is 1.77. The smallest absolute Gasteiger partial charge is 0.0209 e. The van der Waals surface area contributed by atoms with Gasteiger partial charge in [-0.05, 0) is 25.8 Å². The summed E-state index contributed by atoms with van der Waals surface area (Å²) >= 11 is 0. The van der Waals surface area contributed by atoms with Gasteiger partial charge in [0.1, 0.15) is 0 Å². The van der Waals surface area contributed by atoms with E-state index in [1.807, 2.05) is 7.05 Å². The van der Waals surface area contributed by atoms with Crippen LogP contribution in [0.3, 0.4) is 0 Å². The molecular weight excluding hydrogens is 136 g/mol. The van der Waals surface area contributed by atoms with Gasteiger partial charge in [0.15, 0.2) is 0 Å². The number of hydrogen-bond acceptors (Lipinski definition) is 2. The van der Waals surface area contributed by atoms with Crippen LogP contribution in [0.4, 0.5) is 0 Å². The molecule has 2 heteroatoms. The average Bonchev–Trinajstić information content (AvgIpc) is 1.82. The van der Waals surface area contributed by atoms with Gasteiger partial charge in [0.05, 0.1) is 0 Å². The SMILES string of the molecule is CNCC1CC(CC(C)C)N1. The van der Waals surface area contributed by atoms with Gasteiger partial charge >= 0.3 is 0 Å². The van der Waals surface area contributed by atoms with Crippen LogP contribution in [-0.4, -0.2) is 25.7 Å². The maximum atomic E-state index is 3.55. The summed E-state index contributed by atoms with van der Waals surface area (Å²) in [7, 11) is 2.01. The monoisotopic (exact) mass is 156 g/mol. The minimum absolute atomic E-state index is 0.740. The molecule has 2 nitrogen and oxygen atoms in total. The summed E-state index contributed by atoms with van der Waals surface area (Å²) in [5, 5.41) is 6.73. The lowest BCUT2D eigenvalue weighted by atomic mass is 9.90. The van der Waals surface area contributed by atoms with Crippen molar-refractivity contribution in [1.29, 1.82) is 0 Å². The summed E-state index contributed by atoms with van der Waals surface area (Å²) in [6, 6.07) is 1.54. The molecule has 0 spiro atoms. The molecule has 0 aromatic heterocycles. The number of hydrogen-bond donors (Lipinski definition) is 2. The minimum atomic E-state index is 0.740. The van der Waals surface area contributed by atoms with Crippen LogP contribution < -0.4 is 10.6 Å². The van der Waals surface area contributed by atoms with Gasteiger partial charge in [-0.25, -0.2) is 0 Å². The van der Waals surface area contributed by atoms with Crippen molar-refractivity contribution in [2.45, 2.75) is 38.8 Å². The Morgan fingerprint density at radius 1 is 1.45 bits per heavy atom. The minimum Gasteiger partial charge on any atom is -0.318 e. The summed E-state index contributed by atoms with van der Waals surface area (Å²) in [5.74, 6) is 0.836. The Morgan fingerprint density at radius 2 is 2.09 bits per heavy atom. The highest BCUT2D eigenvalue weighted by molar-refractivity contribution is 4.89. The molecule has 0 amide bonds. The van der Waals surface area contributed by atoms with E-state index in [0.29, 0.717) is 0 Å². The fourth-order valence-electron chi connectivity index (χ4n) is 1.77. The molecule has 0 bridgehead atoms. The standard InChI is InChI=1S/C9H20N2/c1-7(2)4-8-5-9(11-8)6-10-3/h7-11H,4-6H2,1-3H3. The molecule has 1 saturated heterocycles. The first-order valence-electron chi connectivity index (χ1n) is 4.63. The first-order chi connectivity index (χ1) is 5.22. The van der Waals surface area contributed by atoms with Crippen LogP contribution in [0.25, 0.3) is 0 Å². The van der Waals surface area contributed by atoms with Crippen molar-refractivity contribution in [2.24, 2.45) is 5.92 Å². The molecule has 1 aliphatic rings. The molecule has 2 N–H and O–H groups in total. The van der Waals surface area contributed by atoms with Crippen molar-refractivity contribution in [1.82, 2.24) is 10.6 Å². The third-order valence-electron chi connectivity index (χ3n) is 2.25. The first kappa shape index (κ1) is 9.01. The Hall–Kier alpha value is -0.0800. The molecule has 2 unspecified atom stereocenters. The van der Waals surface area contributed by atoms with Crippen molar-refractivity contribution in [3.63, 3.8) is 0 Å². The van der Waals surface area contributed by atoms with E-state index in [-0.39, 0.29) is 0 Å². The van der Waals surface area contributed by atoms with E-state index in [2.05, 4.69) is 24.5 Å². The lowest BCUT2D eigenvalue weighted by Crippen LogP contribution is -2.56. The van der Waals surface area contributed by atoms with Crippen LogP contribution in [0, 0.1) is 5.92 Å². The molecule has 0 radical (unpaired) electrons. The Kier molecular flexibility index (Phi) is 3.34. The molecule has 0 saturated carbocycles. The Balaban J connectivity index is 2.00. The predicted octanol–water partition coefficient (Wildman–Crippen LogP) is 0.982. The zero-order chi connectivity index (χ0) is 8.27. The molecule has 1 rings (SSSR count). The summed E-state index contributed by atoms with van der Waals surface area (Å²) in [5.41, 5.74) is 0. The number of nitrogens with one attached hydrogen (secondary N) is 2. The third kappa shape index (κ3) is 2.80. The molecule has 11 heavy (non-hydrogen) atoms. The number of likely N-dealkylation sites (N-methyl/N-ethyl adjacent to an activating group) is 1. The van der Waals surface area contributed by atoms with Crippen LogP contribution in [-0.2, 0) is 0 Å². The van der Waals surface area contributed by atoms with Gasteiger partial charge in [0, 0.05) is 18.6 Å². The van der Waals surface area contributed by atoms with E-state index < -0.39 is 0 Å².